The summed E-state index contributed by atoms with van der Waals surface area (Å²) in [5.41, 5.74) is 1.94. The molecule has 2 rings (SSSR count). The van der Waals surface area contributed by atoms with E-state index in [-0.39, 0.29) is 0 Å². The molecule has 0 radical (unpaired) electrons. The van der Waals surface area contributed by atoms with Gasteiger partial charge in [-0.2, -0.15) is 0 Å². The second-order valence-electron chi connectivity index (χ2n) is 4.19. The highest BCUT2D eigenvalue weighted by Gasteiger charge is 2.11. The lowest BCUT2D eigenvalue weighted by molar-refractivity contribution is 0.319. The molecule has 1 N–H and O–H groups in total. The number of nitrogens with zero attached hydrogens (tertiary/aromatic N) is 3. The highest BCUT2D eigenvalue weighted by atomic mass is 35.5. The van der Waals surface area contributed by atoms with Gasteiger partial charge in [0.05, 0.1) is 6.54 Å². The van der Waals surface area contributed by atoms with Gasteiger partial charge in [0.25, 0.3) is 0 Å². The number of rotatable bonds is 3. The van der Waals surface area contributed by atoms with E-state index in [2.05, 4.69) is 10.1 Å². The Kier molecular flexibility index (Phi) is 4.12. The predicted octanol–water partition coefficient (Wildman–Crippen LogP) is 3.74. The molecule has 0 saturated carbocycles. The van der Waals surface area contributed by atoms with Crippen molar-refractivity contribution >= 4 is 28.9 Å². The van der Waals surface area contributed by atoms with Crippen LogP contribution in [0.2, 0.25) is 10.0 Å². The monoisotopic (exact) mass is 297 g/mol. The van der Waals surface area contributed by atoms with E-state index >= 15 is 0 Å². The normalized spacial score (nSPS) is 11.9. The van der Waals surface area contributed by atoms with Gasteiger partial charge in [-0.25, -0.2) is 4.98 Å². The van der Waals surface area contributed by atoms with Gasteiger partial charge < -0.3 is 9.77 Å². The fourth-order valence-electron chi connectivity index (χ4n) is 1.75. The predicted molar refractivity (Wildman–Crippen MR) is 76.5 cm³/mol. The molecular weight excluding hydrogens is 285 g/mol. The molecule has 0 saturated heterocycles. The van der Waals surface area contributed by atoms with Crippen molar-refractivity contribution in [3.63, 3.8) is 0 Å². The highest BCUT2D eigenvalue weighted by molar-refractivity contribution is 6.35. The number of halogens is 2. The third-order valence-corrected chi connectivity index (χ3v) is 3.60. The Morgan fingerprint density at radius 1 is 1.37 bits per heavy atom. The zero-order valence-corrected chi connectivity index (χ0v) is 12.1. The molecule has 0 atom stereocenters. The number of aromatic nitrogens is 2. The van der Waals surface area contributed by atoms with Crippen LogP contribution in [-0.2, 0) is 6.54 Å². The van der Waals surface area contributed by atoms with E-state index < -0.39 is 0 Å². The van der Waals surface area contributed by atoms with Gasteiger partial charge in [0, 0.05) is 21.8 Å². The summed E-state index contributed by atoms with van der Waals surface area (Å²) in [6.45, 7) is 4.09. The maximum atomic E-state index is 8.76. The first kappa shape index (κ1) is 13.9. The molecule has 2 aromatic rings. The van der Waals surface area contributed by atoms with E-state index in [4.69, 9.17) is 28.4 Å². The molecule has 0 aliphatic carbocycles. The Labute approximate surface area is 121 Å². The Hall–Kier alpha value is -1.52. The first-order valence-corrected chi connectivity index (χ1v) is 6.44. The molecule has 1 heterocycles. The average Bonchev–Trinajstić information content (AvgIpc) is 2.74. The van der Waals surface area contributed by atoms with E-state index in [1.54, 1.807) is 19.1 Å². The SMILES string of the molecule is C/C(=N/O)c1cn(Cc2c(Cl)cccc2Cl)c(C)n1. The summed E-state index contributed by atoms with van der Waals surface area (Å²) >= 11 is 12.3. The molecule has 0 spiro atoms. The highest BCUT2D eigenvalue weighted by Crippen LogP contribution is 2.25. The van der Waals surface area contributed by atoms with Crippen LogP contribution in [0.5, 0.6) is 0 Å². The lowest BCUT2D eigenvalue weighted by Crippen LogP contribution is -2.02. The van der Waals surface area contributed by atoms with Gasteiger partial charge in [-0.3, -0.25) is 0 Å². The van der Waals surface area contributed by atoms with Crippen LogP contribution in [0.3, 0.4) is 0 Å². The van der Waals surface area contributed by atoms with E-state index in [0.717, 1.165) is 11.4 Å². The van der Waals surface area contributed by atoms with E-state index in [0.29, 0.717) is 28.0 Å². The molecule has 6 heteroatoms. The van der Waals surface area contributed by atoms with Gasteiger partial charge in [0.1, 0.15) is 17.2 Å². The molecule has 100 valence electrons. The number of hydrogen-bond donors (Lipinski definition) is 1. The van der Waals surface area contributed by atoms with Crippen molar-refractivity contribution in [2.24, 2.45) is 5.16 Å². The zero-order chi connectivity index (χ0) is 14.0. The number of oxime groups is 1. The van der Waals surface area contributed by atoms with Gasteiger partial charge in [-0.1, -0.05) is 34.4 Å². The van der Waals surface area contributed by atoms with Gasteiger partial charge in [0.2, 0.25) is 0 Å². The number of hydrogen-bond acceptors (Lipinski definition) is 3. The summed E-state index contributed by atoms with van der Waals surface area (Å²) in [6.07, 6.45) is 1.81. The zero-order valence-electron chi connectivity index (χ0n) is 10.6. The average molecular weight is 298 g/mol. The lowest BCUT2D eigenvalue weighted by atomic mass is 10.2. The van der Waals surface area contributed by atoms with Crippen LogP contribution < -0.4 is 0 Å². The molecule has 0 amide bonds. The van der Waals surface area contributed by atoms with Gasteiger partial charge in [-0.15, -0.1) is 0 Å². The Morgan fingerprint density at radius 3 is 2.58 bits per heavy atom. The third kappa shape index (κ3) is 2.91. The van der Waals surface area contributed by atoms with Crippen molar-refractivity contribution in [2.45, 2.75) is 20.4 Å². The minimum absolute atomic E-state index is 0.465. The molecule has 0 aliphatic heterocycles. The van der Waals surface area contributed by atoms with E-state index in [9.17, 15) is 0 Å². The summed E-state index contributed by atoms with van der Waals surface area (Å²) in [4.78, 5) is 4.32. The molecule has 0 unspecified atom stereocenters. The molecule has 4 nitrogen and oxygen atoms in total. The van der Waals surface area contributed by atoms with Crippen LogP contribution in [0, 0.1) is 6.92 Å². The van der Waals surface area contributed by atoms with Crippen molar-refractivity contribution in [1.82, 2.24) is 9.55 Å². The molecule has 0 fully saturated rings. The van der Waals surface area contributed by atoms with Crippen molar-refractivity contribution in [1.29, 1.82) is 0 Å². The van der Waals surface area contributed by atoms with Crippen molar-refractivity contribution in [2.75, 3.05) is 0 Å². The first-order chi connectivity index (χ1) is 9.02. The topological polar surface area (TPSA) is 50.4 Å². The quantitative estimate of drug-likeness (QED) is 0.533. The standard InChI is InChI=1S/C13H13Cl2N3O/c1-8(17-19)13-7-18(9(2)16-13)6-10-11(14)4-3-5-12(10)15/h3-5,7,19H,6H2,1-2H3/b17-8-. The number of benzene rings is 1. The van der Waals surface area contributed by atoms with Crippen molar-refractivity contribution < 1.29 is 5.21 Å². The fraction of sp³-hybridized carbons (Fsp3) is 0.231. The van der Waals surface area contributed by atoms with Gasteiger partial charge in [-0.05, 0) is 26.0 Å². The Bertz CT molecular complexity index is 615. The van der Waals surface area contributed by atoms with Crippen LogP contribution in [0.1, 0.15) is 24.0 Å². The molecular formula is C13H13Cl2N3O. The van der Waals surface area contributed by atoms with Crippen LogP contribution in [0.15, 0.2) is 29.6 Å². The van der Waals surface area contributed by atoms with E-state index in [1.165, 1.54) is 0 Å². The van der Waals surface area contributed by atoms with Gasteiger partial charge >= 0.3 is 0 Å². The number of imidazole rings is 1. The molecule has 19 heavy (non-hydrogen) atoms. The second-order valence-corrected chi connectivity index (χ2v) is 5.00. The maximum absolute atomic E-state index is 8.76. The maximum Gasteiger partial charge on any atom is 0.106 e. The van der Waals surface area contributed by atoms with E-state index in [1.807, 2.05) is 23.8 Å². The Morgan fingerprint density at radius 2 is 2.00 bits per heavy atom. The van der Waals surface area contributed by atoms with Crippen LogP contribution in [-0.4, -0.2) is 20.5 Å². The van der Waals surface area contributed by atoms with Crippen LogP contribution in [0.25, 0.3) is 0 Å². The van der Waals surface area contributed by atoms with Crippen molar-refractivity contribution in [3.8, 4) is 0 Å². The molecule has 1 aromatic heterocycles. The van der Waals surface area contributed by atoms with Gasteiger partial charge in [0.15, 0.2) is 0 Å². The largest absolute Gasteiger partial charge is 0.411 e. The molecule has 0 aliphatic rings. The second kappa shape index (κ2) is 5.63. The summed E-state index contributed by atoms with van der Waals surface area (Å²) < 4.78 is 1.91. The summed E-state index contributed by atoms with van der Waals surface area (Å²) in [7, 11) is 0. The van der Waals surface area contributed by atoms with Crippen molar-refractivity contribution in [3.05, 3.63) is 51.5 Å². The Balaban J connectivity index is 2.37. The summed E-state index contributed by atoms with van der Waals surface area (Å²) in [5.74, 6) is 0.800. The number of aryl methyl sites for hydroxylation is 1. The third-order valence-electron chi connectivity index (χ3n) is 2.89. The minimum atomic E-state index is 0.465. The lowest BCUT2D eigenvalue weighted by Gasteiger charge is -2.08. The van der Waals surface area contributed by atoms with Crippen LogP contribution >= 0.6 is 23.2 Å². The first-order valence-electron chi connectivity index (χ1n) is 5.68. The summed E-state index contributed by atoms with van der Waals surface area (Å²) in [6, 6.07) is 5.41. The molecule has 1 aromatic carbocycles. The minimum Gasteiger partial charge on any atom is -0.411 e. The van der Waals surface area contributed by atoms with Crippen LogP contribution in [0.4, 0.5) is 0 Å². The molecule has 0 bridgehead atoms. The fourth-order valence-corrected chi connectivity index (χ4v) is 2.26. The smallest absolute Gasteiger partial charge is 0.106 e. The summed E-state index contributed by atoms with van der Waals surface area (Å²) in [5, 5.41) is 13.1.